The number of nitrogens with one attached hydrogen (secondary N) is 2. The van der Waals surface area contributed by atoms with E-state index < -0.39 is 4.92 Å². The Morgan fingerprint density at radius 3 is 2.75 bits per heavy atom. The van der Waals surface area contributed by atoms with Crippen LogP contribution in [0.1, 0.15) is 25.8 Å². The fourth-order valence-electron chi connectivity index (χ4n) is 1.61. The van der Waals surface area contributed by atoms with Crippen molar-refractivity contribution in [1.82, 2.24) is 5.32 Å². The number of benzene rings is 1. The third-order valence-corrected chi connectivity index (χ3v) is 2.44. The predicted octanol–water partition coefficient (Wildman–Crippen LogP) is 1.79. The topological polar surface area (TPSA) is 108 Å². The second kappa shape index (κ2) is 7.09. The van der Waals surface area contributed by atoms with E-state index in [4.69, 9.17) is 5.26 Å². The van der Waals surface area contributed by atoms with Gasteiger partial charge in [-0.2, -0.15) is 5.26 Å². The fourth-order valence-corrected chi connectivity index (χ4v) is 1.61. The molecule has 1 aromatic rings. The summed E-state index contributed by atoms with van der Waals surface area (Å²) >= 11 is 0. The first-order chi connectivity index (χ1) is 9.43. The molecule has 0 fully saturated rings. The van der Waals surface area contributed by atoms with E-state index >= 15 is 0 Å². The van der Waals surface area contributed by atoms with Crippen LogP contribution in [0.5, 0.6) is 0 Å². The maximum Gasteiger partial charge on any atom is 0.293 e. The highest BCUT2D eigenvalue weighted by Gasteiger charge is 2.14. The highest BCUT2D eigenvalue weighted by Crippen LogP contribution is 2.25. The Balaban J connectivity index is 2.67. The van der Waals surface area contributed by atoms with E-state index in [9.17, 15) is 14.9 Å². The molecule has 1 aromatic carbocycles. The summed E-state index contributed by atoms with van der Waals surface area (Å²) in [5.74, 6) is -0.121. The van der Waals surface area contributed by atoms with Crippen molar-refractivity contribution in [3.05, 3.63) is 33.9 Å². The van der Waals surface area contributed by atoms with Crippen molar-refractivity contribution in [2.75, 3.05) is 11.9 Å². The first-order valence-electron chi connectivity index (χ1n) is 6.16. The Labute approximate surface area is 116 Å². The molecule has 1 rings (SSSR count). The lowest BCUT2D eigenvalue weighted by Gasteiger charge is -2.09. The number of hydrogen-bond donors (Lipinski definition) is 2. The van der Waals surface area contributed by atoms with Crippen molar-refractivity contribution >= 4 is 17.3 Å². The molecule has 0 atom stereocenters. The van der Waals surface area contributed by atoms with E-state index in [-0.39, 0.29) is 36.2 Å². The number of carbonyl (C=O) groups excluding carboxylic acids is 1. The Bertz CT molecular complexity index is 549. The van der Waals surface area contributed by atoms with Gasteiger partial charge in [0.15, 0.2) is 0 Å². The zero-order valence-corrected chi connectivity index (χ0v) is 11.3. The molecule has 7 nitrogen and oxygen atoms in total. The number of hydrogen-bond acceptors (Lipinski definition) is 5. The number of carbonyl (C=O) groups is 1. The van der Waals surface area contributed by atoms with Gasteiger partial charge >= 0.3 is 0 Å². The summed E-state index contributed by atoms with van der Waals surface area (Å²) in [6.07, 6.45) is 0.218. The smallest absolute Gasteiger partial charge is 0.293 e. The van der Waals surface area contributed by atoms with Gasteiger partial charge in [-0.25, -0.2) is 0 Å². The molecule has 0 heterocycles. The average Bonchev–Trinajstić information content (AvgIpc) is 2.37. The number of nitro benzene ring substituents is 1. The lowest BCUT2D eigenvalue weighted by Crippen LogP contribution is -2.31. The number of rotatable bonds is 6. The van der Waals surface area contributed by atoms with Crippen LogP contribution < -0.4 is 10.6 Å². The lowest BCUT2D eigenvalue weighted by molar-refractivity contribution is -0.384. The lowest BCUT2D eigenvalue weighted by atomic mass is 10.2. The highest BCUT2D eigenvalue weighted by molar-refractivity contribution is 5.77. The van der Waals surface area contributed by atoms with Crippen molar-refractivity contribution < 1.29 is 9.72 Å². The van der Waals surface area contributed by atoms with Crippen LogP contribution in [0.15, 0.2) is 18.2 Å². The number of nitriles is 1. The van der Waals surface area contributed by atoms with Crippen molar-refractivity contribution in [3.8, 4) is 6.07 Å². The van der Waals surface area contributed by atoms with E-state index in [1.807, 2.05) is 19.9 Å². The van der Waals surface area contributed by atoms with Crippen molar-refractivity contribution in [2.24, 2.45) is 0 Å². The maximum absolute atomic E-state index is 11.4. The first-order valence-corrected chi connectivity index (χ1v) is 6.16. The number of nitro groups is 1. The summed E-state index contributed by atoms with van der Waals surface area (Å²) in [4.78, 5) is 21.8. The van der Waals surface area contributed by atoms with E-state index in [1.165, 1.54) is 18.2 Å². The minimum atomic E-state index is -0.558. The van der Waals surface area contributed by atoms with Crippen LogP contribution in [0.4, 0.5) is 11.4 Å². The van der Waals surface area contributed by atoms with Gasteiger partial charge in [0.05, 0.1) is 16.6 Å². The Hall–Kier alpha value is -2.62. The molecule has 0 unspecified atom stereocenters. The number of amides is 1. The minimum Gasteiger partial charge on any atom is -0.379 e. The molecule has 7 heteroatoms. The molecule has 0 saturated carbocycles. The molecule has 0 saturated heterocycles. The van der Waals surface area contributed by atoms with Gasteiger partial charge in [0.25, 0.3) is 5.69 Å². The first kappa shape index (κ1) is 15.4. The molecular formula is C13H16N4O3. The van der Waals surface area contributed by atoms with Crippen LogP contribution >= 0.6 is 0 Å². The van der Waals surface area contributed by atoms with E-state index in [0.29, 0.717) is 5.69 Å². The van der Waals surface area contributed by atoms with Gasteiger partial charge in [-0.3, -0.25) is 14.9 Å². The molecule has 0 bridgehead atoms. The molecule has 0 spiro atoms. The second-order valence-electron chi connectivity index (χ2n) is 4.50. The van der Waals surface area contributed by atoms with Gasteiger partial charge in [-0.15, -0.1) is 0 Å². The zero-order chi connectivity index (χ0) is 15.1. The largest absolute Gasteiger partial charge is 0.379 e. The molecule has 106 valence electrons. The number of nitrogens with zero attached hydrogens (tertiary/aromatic N) is 2. The molecule has 0 aliphatic carbocycles. The molecule has 1 amide bonds. The van der Waals surface area contributed by atoms with Crippen LogP contribution in [-0.2, 0) is 4.79 Å². The summed E-state index contributed by atoms with van der Waals surface area (Å²) < 4.78 is 0. The summed E-state index contributed by atoms with van der Waals surface area (Å²) in [6, 6.07) is 6.07. The van der Waals surface area contributed by atoms with Gasteiger partial charge in [-0.1, -0.05) is 0 Å². The summed E-state index contributed by atoms with van der Waals surface area (Å²) in [5.41, 5.74) is 0.347. The van der Waals surface area contributed by atoms with Crippen LogP contribution in [0.25, 0.3) is 0 Å². The predicted molar refractivity (Wildman–Crippen MR) is 74.2 cm³/mol. The SMILES string of the molecule is CC(C)NC(=O)CCNc1ccc(C#N)cc1[N+](=O)[O-]. The third kappa shape index (κ3) is 4.57. The van der Waals surface area contributed by atoms with Crippen LogP contribution in [0.2, 0.25) is 0 Å². The molecule has 0 aromatic heterocycles. The van der Waals surface area contributed by atoms with Crippen LogP contribution in [-0.4, -0.2) is 23.4 Å². The minimum absolute atomic E-state index is 0.0618. The van der Waals surface area contributed by atoms with E-state index in [1.54, 1.807) is 0 Å². The van der Waals surface area contributed by atoms with Gasteiger partial charge in [0.1, 0.15) is 5.69 Å². The van der Waals surface area contributed by atoms with Crippen molar-refractivity contribution in [3.63, 3.8) is 0 Å². The summed E-state index contributed by atoms with van der Waals surface area (Å²) in [6.45, 7) is 4.00. The van der Waals surface area contributed by atoms with Crippen molar-refractivity contribution in [1.29, 1.82) is 5.26 Å². The second-order valence-corrected chi connectivity index (χ2v) is 4.50. The zero-order valence-electron chi connectivity index (χ0n) is 11.3. The Morgan fingerprint density at radius 2 is 2.20 bits per heavy atom. The molecule has 0 radical (unpaired) electrons. The Morgan fingerprint density at radius 1 is 1.50 bits per heavy atom. The summed E-state index contributed by atoms with van der Waals surface area (Å²) in [5, 5.41) is 25.2. The monoisotopic (exact) mass is 276 g/mol. The maximum atomic E-state index is 11.4. The van der Waals surface area contributed by atoms with Gasteiger partial charge < -0.3 is 10.6 Å². The molecule has 0 aliphatic rings. The van der Waals surface area contributed by atoms with Gasteiger partial charge in [0, 0.05) is 25.1 Å². The average molecular weight is 276 g/mol. The Kier molecular flexibility index (Phi) is 5.47. The molecule has 0 aliphatic heterocycles. The fraction of sp³-hybridized carbons (Fsp3) is 0.385. The van der Waals surface area contributed by atoms with E-state index in [2.05, 4.69) is 10.6 Å². The van der Waals surface area contributed by atoms with Crippen LogP contribution in [0, 0.1) is 21.4 Å². The standard InChI is InChI=1S/C13H16N4O3/c1-9(2)16-13(18)5-6-15-11-4-3-10(8-14)7-12(11)17(19)20/h3-4,7,9,15H,5-6H2,1-2H3,(H,16,18). The van der Waals surface area contributed by atoms with Gasteiger partial charge in [-0.05, 0) is 26.0 Å². The normalized spacial score (nSPS) is 9.90. The quantitative estimate of drug-likeness (QED) is 0.608. The molecular weight excluding hydrogens is 260 g/mol. The molecule has 20 heavy (non-hydrogen) atoms. The van der Waals surface area contributed by atoms with Gasteiger partial charge in [0.2, 0.25) is 5.91 Å². The molecule has 2 N–H and O–H groups in total. The van der Waals surface area contributed by atoms with E-state index in [0.717, 1.165) is 0 Å². The van der Waals surface area contributed by atoms with Crippen LogP contribution in [0.3, 0.4) is 0 Å². The number of anilines is 1. The summed E-state index contributed by atoms with van der Waals surface area (Å²) in [7, 11) is 0. The third-order valence-electron chi connectivity index (χ3n) is 2.44. The van der Waals surface area contributed by atoms with Crippen molar-refractivity contribution in [2.45, 2.75) is 26.3 Å². The highest BCUT2D eigenvalue weighted by atomic mass is 16.6.